The number of nitrogens with two attached hydrogens (primary N) is 1. The van der Waals surface area contributed by atoms with Gasteiger partial charge in [0, 0.05) is 16.5 Å². The molecule has 0 saturated heterocycles. The van der Waals surface area contributed by atoms with Crippen LogP contribution in [0.4, 0.5) is 5.69 Å². The second-order valence-corrected chi connectivity index (χ2v) is 5.88. The predicted octanol–water partition coefficient (Wildman–Crippen LogP) is 4.77. The van der Waals surface area contributed by atoms with Gasteiger partial charge in [-0.3, -0.25) is 0 Å². The molecule has 2 atom stereocenters. The molecule has 0 spiro atoms. The molecule has 0 heterocycles. The average Bonchev–Trinajstić information content (AvgIpc) is 2.51. The van der Waals surface area contributed by atoms with E-state index in [1.54, 1.807) is 0 Å². The summed E-state index contributed by atoms with van der Waals surface area (Å²) in [5.74, 6) is 1.81. The van der Waals surface area contributed by atoms with Gasteiger partial charge in [-0.1, -0.05) is 44.0 Å². The van der Waals surface area contributed by atoms with E-state index < -0.39 is 0 Å². The number of rotatable bonds is 3. The van der Waals surface area contributed by atoms with Gasteiger partial charge < -0.3 is 10.5 Å². The first-order chi connectivity index (χ1) is 9.78. The minimum Gasteiger partial charge on any atom is -0.490 e. The average molecular weight is 269 g/mol. The number of hydrogen-bond donors (Lipinski definition) is 1. The van der Waals surface area contributed by atoms with Crippen LogP contribution in [0.15, 0.2) is 36.4 Å². The van der Waals surface area contributed by atoms with E-state index >= 15 is 0 Å². The molecule has 2 aromatic rings. The summed E-state index contributed by atoms with van der Waals surface area (Å²) in [5, 5.41) is 2.22. The molecule has 1 aliphatic rings. The standard InChI is InChI=1S/C18H23NO/c1-2-13-6-5-7-14(12-13)20-18-11-10-17(19)15-8-3-4-9-16(15)18/h3-4,8-11,13-14H,2,5-7,12,19H2,1H3. The highest BCUT2D eigenvalue weighted by Crippen LogP contribution is 2.34. The molecule has 2 heteroatoms. The molecule has 2 unspecified atom stereocenters. The van der Waals surface area contributed by atoms with Crippen LogP contribution in [0.2, 0.25) is 0 Å². The minimum absolute atomic E-state index is 0.362. The van der Waals surface area contributed by atoms with Gasteiger partial charge >= 0.3 is 0 Å². The maximum absolute atomic E-state index is 6.30. The molecule has 1 saturated carbocycles. The fourth-order valence-electron chi connectivity index (χ4n) is 3.30. The van der Waals surface area contributed by atoms with Crippen molar-refractivity contribution in [2.75, 3.05) is 5.73 Å². The topological polar surface area (TPSA) is 35.2 Å². The fraction of sp³-hybridized carbons (Fsp3) is 0.444. The maximum Gasteiger partial charge on any atom is 0.127 e. The predicted molar refractivity (Wildman–Crippen MR) is 85.0 cm³/mol. The van der Waals surface area contributed by atoms with Crippen LogP contribution in [0.25, 0.3) is 10.8 Å². The zero-order chi connectivity index (χ0) is 13.9. The molecule has 0 bridgehead atoms. The van der Waals surface area contributed by atoms with Crippen molar-refractivity contribution < 1.29 is 4.74 Å². The van der Waals surface area contributed by atoms with Gasteiger partial charge in [0.2, 0.25) is 0 Å². The van der Waals surface area contributed by atoms with Crippen molar-refractivity contribution in [3.05, 3.63) is 36.4 Å². The largest absolute Gasteiger partial charge is 0.490 e. The van der Waals surface area contributed by atoms with Crippen molar-refractivity contribution in [1.82, 2.24) is 0 Å². The Labute approximate surface area is 120 Å². The van der Waals surface area contributed by atoms with Crippen molar-refractivity contribution >= 4 is 16.5 Å². The quantitative estimate of drug-likeness (QED) is 0.815. The monoisotopic (exact) mass is 269 g/mol. The highest BCUT2D eigenvalue weighted by Gasteiger charge is 2.22. The third-order valence-electron chi connectivity index (χ3n) is 4.52. The molecule has 1 aliphatic carbocycles. The second kappa shape index (κ2) is 5.74. The van der Waals surface area contributed by atoms with Gasteiger partial charge in [0.15, 0.2) is 0 Å². The Hall–Kier alpha value is -1.70. The summed E-state index contributed by atoms with van der Waals surface area (Å²) in [5.41, 5.74) is 6.87. The Kier molecular flexibility index (Phi) is 3.81. The smallest absolute Gasteiger partial charge is 0.127 e. The van der Waals surface area contributed by atoms with E-state index in [2.05, 4.69) is 19.1 Å². The summed E-state index contributed by atoms with van der Waals surface area (Å²) in [6.07, 6.45) is 6.64. The second-order valence-electron chi connectivity index (χ2n) is 5.88. The van der Waals surface area contributed by atoms with Crippen LogP contribution in [-0.2, 0) is 0 Å². The highest BCUT2D eigenvalue weighted by atomic mass is 16.5. The SMILES string of the molecule is CCC1CCCC(Oc2ccc(N)c3ccccc23)C1. The molecule has 2 nitrogen and oxygen atoms in total. The normalized spacial score (nSPS) is 22.9. The van der Waals surface area contributed by atoms with E-state index in [0.29, 0.717) is 6.10 Å². The number of ether oxygens (including phenoxy) is 1. The summed E-state index contributed by atoms with van der Waals surface area (Å²) in [6.45, 7) is 2.28. The lowest BCUT2D eigenvalue weighted by molar-refractivity contribution is 0.123. The fourth-order valence-corrected chi connectivity index (χ4v) is 3.30. The van der Waals surface area contributed by atoms with Crippen molar-refractivity contribution in [2.24, 2.45) is 5.92 Å². The molecule has 0 aromatic heterocycles. The van der Waals surface area contributed by atoms with Crippen LogP contribution in [-0.4, -0.2) is 6.10 Å². The third-order valence-corrected chi connectivity index (χ3v) is 4.52. The van der Waals surface area contributed by atoms with Gasteiger partial charge in [-0.15, -0.1) is 0 Å². The minimum atomic E-state index is 0.362. The number of hydrogen-bond acceptors (Lipinski definition) is 2. The van der Waals surface area contributed by atoms with E-state index in [9.17, 15) is 0 Å². The molecular formula is C18H23NO. The highest BCUT2D eigenvalue weighted by molar-refractivity contribution is 5.96. The summed E-state index contributed by atoms with van der Waals surface area (Å²) in [4.78, 5) is 0. The molecule has 2 N–H and O–H groups in total. The number of fused-ring (bicyclic) bond motifs is 1. The Morgan fingerprint density at radius 3 is 2.70 bits per heavy atom. The van der Waals surface area contributed by atoms with Gasteiger partial charge in [0.05, 0.1) is 6.10 Å². The summed E-state index contributed by atoms with van der Waals surface area (Å²) in [6, 6.07) is 12.2. The summed E-state index contributed by atoms with van der Waals surface area (Å²) >= 11 is 0. The Morgan fingerprint density at radius 2 is 1.90 bits per heavy atom. The van der Waals surface area contributed by atoms with Crippen molar-refractivity contribution in [2.45, 2.75) is 45.1 Å². The van der Waals surface area contributed by atoms with Crippen LogP contribution in [0.3, 0.4) is 0 Å². The van der Waals surface area contributed by atoms with E-state index in [-0.39, 0.29) is 0 Å². The Morgan fingerprint density at radius 1 is 1.10 bits per heavy atom. The van der Waals surface area contributed by atoms with Gasteiger partial charge in [-0.05, 0) is 37.3 Å². The third kappa shape index (κ3) is 2.60. The van der Waals surface area contributed by atoms with Crippen LogP contribution in [0.5, 0.6) is 5.75 Å². The molecule has 0 aliphatic heterocycles. The summed E-state index contributed by atoms with van der Waals surface area (Å²) in [7, 11) is 0. The first-order valence-corrected chi connectivity index (χ1v) is 7.71. The first kappa shape index (κ1) is 13.3. The van der Waals surface area contributed by atoms with Crippen LogP contribution in [0, 0.1) is 5.92 Å². The Balaban J connectivity index is 1.86. The zero-order valence-electron chi connectivity index (χ0n) is 12.1. The molecule has 2 aromatic carbocycles. The zero-order valence-corrected chi connectivity index (χ0v) is 12.1. The van der Waals surface area contributed by atoms with E-state index in [1.165, 1.54) is 32.1 Å². The molecular weight excluding hydrogens is 246 g/mol. The maximum atomic E-state index is 6.30. The number of benzene rings is 2. The number of nitrogen functional groups attached to an aromatic ring is 1. The molecule has 0 amide bonds. The number of anilines is 1. The van der Waals surface area contributed by atoms with E-state index in [1.807, 2.05) is 24.3 Å². The summed E-state index contributed by atoms with van der Waals surface area (Å²) < 4.78 is 6.30. The van der Waals surface area contributed by atoms with E-state index in [0.717, 1.165) is 28.1 Å². The van der Waals surface area contributed by atoms with Crippen molar-refractivity contribution in [1.29, 1.82) is 0 Å². The molecule has 20 heavy (non-hydrogen) atoms. The lowest BCUT2D eigenvalue weighted by atomic mass is 9.85. The van der Waals surface area contributed by atoms with Crippen molar-refractivity contribution in [3.8, 4) is 5.75 Å². The first-order valence-electron chi connectivity index (χ1n) is 7.71. The molecule has 3 rings (SSSR count). The van der Waals surface area contributed by atoms with Gasteiger partial charge in [-0.2, -0.15) is 0 Å². The van der Waals surface area contributed by atoms with Gasteiger partial charge in [0.1, 0.15) is 5.75 Å². The lowest BCUT2D eigenvalue weighted by Crippen LogP contribution is -2.25. The van der Waals surface area contributed by atoms with Crippen LogP contribution < -0.4 is 10.5 Å². The Bertz CT molecular complexity index is 593. The van der Waals surface area contributed by atoms with Gasteiger partial charge in [0.25, 0.3) is 0 Å². The van der Waals surface area contributed by atoms with E-state index in [4.69, 9.17) is 10.5 Å². The lowest BCUT2D eigenvalue weighted by Gasteiger charge is -2.29. The molecule has 1 fully saturated rings. The molecule has 106 valence electrons. The van der Waals surface area contributed by atoms with Crippen LogP contribution >= 0.6 is 0 Å². The van der Waals surface area contributed by atoms with Crippen LogP contribution in [0.1, 0.15) is 39.0 Å². The van der Waals surface area contributed by atoms with Gasteiger partial charge in [-0.25, -0.2) is 0 Å². The van der Waals surface area contributed by atoms with Crippen molar-refractivity contribution in [3.63, 3.8) is 0 Å². The molecule has 0 radical (unpaired) electrons.